The molecule has 3 heteroatoms. The van der Waals surface area contributed by atoms with Gasteiger partial charge in [-0.25, -0.2) is 0 Å². The Morgan fingerprint density at radius 1 is 1.31 bits per heavy atom. The quantitative estimate of drug-likeness (QED) is 0.672. The second kappa shape index (κ2) is 6.89. The van der Waals surface area contributed by atoms with Gasteiger partial charge in [0.2, 0.25) is 0 Å². The van der Waals surface area contributed by atoms with E-state index >= 15 is 0 Å². The van der Waals surface area contributed by atoms with Gasteiger partial charge in [0.1, 0.15) is 5.54 Å². The van der Waals surface area contributed by atoms with Crippen LogP contribution in [-0.2, 0) is 4.79 Å². The highest BCUT2D eigenvalue weighted by Crippen LogP contribution is 2.19. The molecule has 96 valence electrons. The van der Waals surface area contributed by atoms with Crippen LogP contribution in [0.2, 0.25) is 0 Å². The molecule has 0 bridgehead atoms. The predicted molar refractivity (Wildman–Crippen MR) is 67.6 cm³/mol. The van der Waals surface area contributed by atoms with Crippen molar-refractivity contribution in [3.63, 3.8) is 0 Å². The molecule has 0 aromatic heterocycles. The van der Waals surface area contributed by atoms with Crippen LogP contribution in [0.3, 0.4) is 0 Å². The average molecular weight is 229 g/mol. The first-order valence-electron chi connectivity index (χ1n) is 6.36. The summed E-state index contributed by atoms with van der Waals surface area (Å²) in [7, 11) is 0. The number of rotatable bonds is 8. The minimum atomic E-state index is -0.777. The molecule has 0 saturated carbocycles. The number of carboxylic acid groups (broad SMARTS) is 1. The molecule has 0 aliphatic rings. The molecule has 0 fully saturated rings. The summed E-state index contributed by atoms with van der Waals surface area (Å²) in [5.74, 6) is -0.192. The standard InChI is InChI=1S/C13H27NO2/c1-6-11(7-2)14-13(5,12(15)16)9-8-10(3)4/h10-11,14H,6-9H2,1-5H3,(H,15,16). The number of carbonyl (C=O) groups is 1. The first-order valence-corrected chi connectivity index (χ1v) is 6.36. The molecule has 0 aromatic carbocycles. The first-order chi connectivity index (χ1) is 7.35. The molecule has 16 heavy (non-hydrogen) atoms. The lowest BCUT2D eigenvalue weighted by Crippen LogP contribution is -2.53. The number of carboxylic acids is 1. The van der Waals surface area contributed by atoms with E-state index in [2.05, 4.69) is 33.0 Å². The Morgan fingerprint density at radius 2 is 1.81 bits per heavy atom. The average Bonchev–Trinajstić information content (AvgIpc) is 2.22. The minimum absolute atomic E-state index is 0.299. The van der Waals surface area contributed by atoms with Gasteiger partial charge in [-0.15, -0.1) is 0 Å². The zero-order chi connectivity index (χ0) is 12.8. The highest BCUT2D eigenvalue weighted by Gasteiger charge is 2.33. The van der Waals surface area contributed by atoms with Crippen molar-refractivity contribution in [2.45, 2.75) is 71.9 Å². The second-order valence-electron chi connectivity index (χ2n) is 5.23. The Morgan fingerprint density at radius 3 is 2.12 bits per heavy atom. The monoisotopic (exact) mass is 229 g/mol. The van der Waals surface area contributed by atoms with Crippen LogP contribution in [0.5, 0.6) is 0 Å². The second-order valence-corrected chi connectivity index (χ2v) is 5.23. The van der Waals surface area contributed by atoms with Crippen molar-refractivity contribution in [3.05, 3.63) is 0 Å². The molecule has 0 aliphatic carbocycles. The summed E-state index contributed by atoms with van der Waals surface area (Å²) in [6.45, 7) is 10.2. The molecule has 0 rings (SSSR count). The third-order valence-corrected chi connectivity index (χ3v) is 3.20. The van der Waals surface area contributed by atoms with Crippen LogP contribution in [0.25, 0.3) is 0 Å². The molecule has 3 nitrogen and oxygen atoms in total. The fraction of sp³-hybridized carbons (Fsp3) is 0.923. The Kier molecular flexibility index (Phi) is 6.65. The van der Waals surface area contributed by atoms with Crippen LogP contribution >= 0.6 is 0 Å². The van der Waals surface area contributed by atoms with Crippen LogP contribution in [0.1, 0.15) is 60.3 Å². The maximum absolute atomic E-state index is 11.3. The molecule has 0 aromatic rings. The Labute approximate surface area is 99.6 Å². The third-order valence-electron chi connectivity index (χ3n) is 3.20. The van der Waals surface area contributed by atoms with Crippen molar-refractivity contribution >= 4 is 5.97 Å². The summed E-state index contributed by atoms with van der Waals surface area (Å²) in [5, 5.41) is 12.6. The summed E-state index contributed by atoms with van der Waals surface area (Å²) in [6, 6.07) is 0.299. The molecule has 1 atom stereocenters. The van der Waals surface area contributed by atoms with Gasteiger partial charge in [-0.05, 0) is 38.5 Å². The molecule has 1 unspecified atom stereocenters. The molecule has 2 N–H and O–H groups in total. The van der Waals surface area contributed by atoms with Gasteiger partial charge < -0.3 is 5.11 Å². The van der Waals surface area contributed by atoms with Crippen molar-refractivity contribution in [2.24, 2.45) is 5.92 Å². The molecule has 0 saturated heterocycles. The van der Waals surface area contributed by atoms with E-state index < -0.39 is 11.5 Å². The zero-order valence-electron chi connectivity index (χ0n) is 11.3. The summed E-state index contributed by atoms with van der Waals surface area (Å²) >= 11 is 0. The number of aliphatic carboxylic acids is 1. The van der Waals surface area contributed by atoms with E-state index in [0.29, 0.717) is 18.4 Å². The van der Waals surface area contributed by atoms with Gasteiger partial charge in [0.05, 0.1) is 0 Å². The van der Waals surface area contributed by atoms with Crippen molar-refractivity contribution in [1.82, 2.24) is 5.32 Å². The molecule has 0 heterocycles. The lowest BCUT2D eigenvalue weighted by molar-refractivity contribution is -0.145. The third kappa shape index (κ3) is 4.97. The van der Waals surface area contributed by atoms with Gasteiger partial charge in [0.15, 0.2) is 0 Å². The minimum Gasteiger partial charge on any atom is -0.480 e. The number of nitrogens with one attached hydrogen (secondary N) is 1. The lowest BCUT2D eigenvalue weighted by atomic mass is 9.90. The smallest absolute Gasteiger partial charge is 0.323 e. The van der Waals surface area contributed by atoms with E-state index in [1.165, 1.54) is 0 Å². The van der Waals surface area contributed by atoms with Crippen LogP contribution in [0.4, 0.5) is 0 Å². The fourth-order valence-electron chi connectivity index (χ4n) is 1.76. The first kappa shape index (κ1) is 15.4. The fourth-order valence-corrected chi connectivity index (χ4v) is 1.76. The van der Waals surface area contributed by atoms with Crippen LogP contribution < -0.4 is 5.32 Å². The van der Waals surface area contributed by atoms with Gasteiger partial charge >= 0.3 is 5.97 Å². The molecular weight excluding hydrogens is 202 g/mol. The van der Waals surface area contributed by atoms with E-state index in [0.717, 1.165) is 19.3 Å². The largest absolute Gasteiger partial charge is 0.480 e. The van der Waals surface area contributed by atoms with Crippen molar-refractivity contribution < 1.29 is 9.90 Å². The highest BCUT2D eigenvalue weighted by molar-refractivity contribution is 5.78. The van der Waals surface area contributed by atoms with Crippen LogP contribution in [-0.4, -0.2) is 22.7 Å². The Bertz CT molecular complexity index is 212. The van der Waals surface area contributed by atoms with Gasteiger partial charge in [-0.2, -0.15) is 0 Å². The normalized spacial score (nSPS) is 15.4. The van der Waals surface area contributed by atoms with Crippen LogP contribution in [0.15, 0.2) is 0 Å². The molecule has 0 spiro atoms. The summed E-state index contributed by atoms with van der Waals surface area (Å²) < 4.78 is 0. The zero-order valence-corrected chi connectivity index (χ0v) is 11.3. The number of hydrogen-bond donors (Lipinski definition) is 2. The van der Waals surface area contributed by atoms with Gasteiger partial charge in [-0.3, -0.25) is 10.1 Å². The van der Waals surface area contributed by atoms with Crippen molar-refractivity contribution in [1.29, 1.82) is 0 Å². The summed E-state index contributed by atoms with van der Waals surface area (Å²) in [5.41, 5.74) is -0.777. The van der Waals surface area contributed by atoms with E-state index in [-0.39, 0.29) is 0 Å². The topological polar surface area (TPSA) is 49.3 Å². The van der Waals surface area contributed by atoms with E-state index in [1.807, 2.05) is 0 Å². The van der Waals surface area contributed by atoms with Crippen molar-refractivity contribution in [3.8, 4) is 0 Å². The summed E-state index contributed by atoms with van der Waals surface area (Å²) in [6.07, 6.45) is 3.58. The highest BCUT2D eigenvalue weighted by atomic mass is 16.4. The Hall–Kier alpha value is -0.570. The molecule has 0 aliphatic heterocycles. The van der Waals surface area contributed by atoms with E-state index in [4.69, 9.17) is 0 Å². The molecular formula is C13H27NO2. The van der Waals surface area contributed by atoms with Crippen molar-refractivity contribution in [2.75, 3.05) is 0 Å². The SMILES string of the molecule is CCC(CC)NC(C)(CCC(C)C)C(=O)O. The Balaban J connectivity index is 4.49. The van der Waals surface area contributed by atoms with Crippen LogP contribution in [0, 0.1) is 5.92 Å². The van der Waals surface area contributed by atoms with Gasteiger partial charge in [0.25, 0.3) is 0 Å². The maximum Gasteiger partial charge on any atom is 0.323 e. The van der Waals surface area contributed by atoms with Gasteiger partial charge in [-0.1, -0.05) is 27.7 Å². The van der Waals surface area contributed by atoms with Gasteiger partial charge in [0, 0.05) is 6.04 Å². The van der Waals surface area contributed by atoms with E-state index in [1.54, 1.807) is 6.92 Å². The number of hydrogen-bond acceptors (Lipinski definition) is 2. The van der Waals surface area contributed by atoms with E-state index in [9.17, 15) is 9.90 Å². The molecule has 0 radical (unpaired) electrons. The molecule has 0 amide bonds. The lowest BCUT2D eigenvalue weighted by Gasteiger charge is -2.31. The predicted octanol–water partition coefficient (Wildman–Crippen LogP) is 3.04. The summed E-state index contributed by atoms with van der Waals surface area (Å²) in [4.78, 5) is 11.3. The maximum atomic E-state index is 11.3.